The predicted octanol–water partition coefficient (Wildman–Crippen LogP) is -17.9. The molecular weight excluding hydrogens is 1530 g/mol. The Morgan fingerprint density at radius 1 is 0.384 bits per heavy atom. The SMILES string of the molecule is CC(=O)N[C@H]1[C@H](OC[C@H]2O[C@@H](O[C@H]3[C@@H](O)[C@@H](CO[C@]4(C(=O)O)C[C@H](O)[C@@H](NC(C)=O)[C@H]([C@H](O)[C@H](O)CO)O4)OC(O)[C@@H]3NC(C)=O)[C@H](O[C@@H]3O[C@@H](C)[C@@H](O)[C@@H](O)[C@@H]3O)[C@@H](O[C@@H]3O[C@H](CO)[C@H](O)[C@H](O)[C@H]3O[C@@H]3O[C@@H](C)[C@@H](O)[C@@H](O)[C@@H]3O)[C@H]2O)O[C@H](CO)[C@@H](O[C@@H]2O[C@H](CO)[C@H](O)[C@H](O)[C@H]2O)[C@@H]1O[C@@H]1O[C@@H](C)[C@@H](O)[C@@H](O)[C@@H]1O. The highest BCUT2D eigenvalue weighted by molar-refractivity contribution is 5.77. The molecule has 49 nitrogen and oxygen atoms in total. The highest BCUT2D eigenvalue weighted by Gasteiger charge is 2.63. The first-order chi connectivity index (χ1) is 52.6. The first-order valence-corrected chi connectivity index (χ1v) is 35.8. The normalized spacial score (nSPS) is 49.5. The molecule has 9 aliphatic rings. The second kappa shape index (κ2) is 39.0. The van der Waals surface area contributed by atoms with E-state index in [1.165, 1.54) is 20.8 Å². The average molecular weight is 1640 g/mol. The lowest BCUT2D eigenvalue weighted by molar-refractivity contribution is -0.412. The molecule has 9 heterocycles. The van der Waals surface area contributed by atoms with E-state index in [9.17, 15) is 147 Å². The van der Waals surface area contributed by atoms with Crippen LogP contribution in [0.4, 0.5) is 0 Å². The maximum absolute atomic E-state index is 13.5. The summed E-state index contributed by atoms with van der Waals surface area (Å²) in [6, 6.07) is -5.82. The van der Waals surface area contributed by atoms with Gasteiger partial charge in [-0.2, -0.15) is 0 Å². The lowest BCUT2D eigenvalue weighted by atomic mass is 9.88. The van der Waals surface area contributed by atoms with E-state index >= 15 is 0 Å². The van der Waals surface area contributed by atoms with E-state index in [1.54, 1.807) is 0 Å². The van der Waals surface area contributed by atoms with Gasteiger partial charge in [-0.3, -0.25) is 14.4 Å². The second-order valence-corrected chi connectivity index (χ2v) is 28.8. The number of carboxylic acid groups (broad SMARTS) is 1. The molecule has 0 aromatic carbocycles. The molecule has 112 heavy (non-hydrogen) atoms. The van der Waals surface area contributed by atoms with Crippen molar-refractivity contribution in [3.05, 3.63) is 0 Å². The zero-order valence-corrected chi connectivity index (χ0v) is 60.7. The van der Waals surface area contributed by atoms with E-state index in [0.717, 1.165) is 20.8 Å². The zero-order chi connectivity index (χ0) is 82.9. The van der Waals surface area contributed by atoms with Crippen LogP contribution in [0.15, 0.2) is 0 Å². The molecule has 3 amide bonds. The Hall–Kier alpha value is -3.76. The maximum atomic E-state index is 13.5. The third-order valence-corrected chi connectivity index (χ3v) is 20.8. The first kappa shape index (κ1) is 92.1. The van der Waals surface area contributed by atoms with Crippen LogP contribution in [0.5, 0.6) is 0 Å². The van der Waals surface area contributed by atoms with Crippen molar-refractivity contribution >= 4 is 23.7 Å². The van der Waals surface area contributed by atoms with Gasteiger partial charge < -0.3 is 224 Å². The van der Waals surface area contributed by atoms with Gasteiger partial charge in [-0.1, -0.05) is 0 Å². The Labute approximate surface area is 634 Å². The van der Waals surface area contributed by atoms with Crippen LogP contribution in [0.25, 0.3) is 0 Å². The number of hydrogen-bond acceptors (Lipinski definition) is 45. The Kier molecular flexibility index (Phi) is 32.1. The third kappa shape index (κ3) is 19.9. The number of rotatable bonds is 28. The van der Waals surface area contributed by atoms with Crippen LogP contribution in [0.2, 0.25) is 0 Å². The van der Waals surface area contributed by atoms with Gasteiger partial charge in [-0.25, -0.2) is 4.79 Å². The number of carbonyl (C=O) groups excluding carboxylic acids is 3. The molecule has 0 bridgehead atoms. The fourth-order valence-corrected chi connectivity index (χ4v) is 14.4. The van der Waals surface area contributed by atoms with E-state index in [2.05, 4.69) is 16.0 Å². The number of aliphatic carboxylic acids is 1. The molecule has 1 unspecified atom stereocenters. The van der Waals surface area contributed by atoms with E-state index in [-0.39, 0.29) is 0 Å². The monoisotopic (exact) mass is 1640 g/mol. The van der Waals surface area contributed by atoms with Crippen molar-refractivity contribution < 1.29 is 227 Å². The zero-order valence-electron chi connectivity index (χ0n) is 60.7. The van der Waals surface area contributed by atoms with E-state index in [0.29, 0.717) is 0 Å². The highest BCUT2D eigenvalue weighted by atomic mass is 16.8. The molecule has 9 rings (SSSR count). The minimum atomic E-state index is -3.19. The molecule has 648 valence electrons. The van der Waals surface area contributed by atoms with Gasteiger partial charge in [0.25, 0.3) is 5.79 Å². The van der Waals surface area contributed by atoms with Crippen molar-refractivity contribution in [2.45, 2.75) is 330 Å². The molecule has 9 saturated heterocycles. The van der Waals surface area contributed by atoms with Crippen molar-refractivity contribution in [3.8, 4) is 0 Å². The molecule has 49 heteroatoms. The van der Waals surface area contributed by atoms with Crippen LogP contribution in [0, 0.1) is 0 Å². The molecule has 0 saturated carbocycles. The number of carboxylic acids is 1. The van der Waals surface area contributed by atoms with E-state index in [4.69, 9.17) is 80.5 Å². The molecule has 0 spiro atoms. The fourth-order valence-electron chi connectivity index (χ4n) is 14.4. The summed E-state index contributed by atoms with van der Waals surface area (Å²) >= 11 is 0. The van der Waals surface area contributed by atoms with Gasteiger partial charge in [0.1, 0.15) is 195 Å². The van der Waals surface area contributed by atoms with Crippen molar-refractivity contribution in [2.24, 2.45) is 0 Å². The summed E-state index contributed by atoms with van der Waals surface area (Å²) in [5, 5.41) is 286. The maximum Gasteiger partial charge on any atom is 0.364 e. The van der Waals surface area contributed by atoms with Crippen LogP contribution in [0.1, 0.15) is 48.0 Å². The quantitative estimate of drug-likeness (QED) is 0.0346. The molecule has 0 aliphatic carbocycles. The van der Waals surface area contributed by atoms with E-state index < -0.39 is 352 Å². The Morgan fingerprint density at radius 2 is 0.768 bits per heavy atom. The first-order valence-electron chi connectivity index (χ1n) is 35.8. The van der Waals surface area contributed by atoms with Crippen LogP contribution in [-0.4, -0.2) is 473 Å². The summed E-state index contributed by atoms with van der Waals surface area (Å²) in [5.41, 5.74) is 0. The van der Waals surface area contributed by atoms with Crippen LogP contribution in [-0.2, 0) is 99.7 Å². The van der Waals surface area contributed by atoms with Gasteiger partial charge in [0.05, 0.1) is 70.1 Å². The standard InChI is InChI=1S/C63H105N3O46/c1-14-30(76)38(84)43(89)56(98-14)108-50-29(66-19(6)73)55(104-24(11-70)47(50)106-59-46(92)41(87)34(80)22(9-68)102-59)96-12-25-37(83)51(109-60-52(42(88)35(81)23(10-69)103-60)110-57-44(90)39(85)31(77)15(2)99-57)53(111-58-45(91)40(86)32(78)16(3)100-58)61(105-25)107-48-28(65-18(5)72)54(93)101-26(36(48)82)13-97-63(62(94)95)7-20(74)27(64-17(4)71)49(112-63)33(79)21(75)8-67/h14-16,20-61,67-70,74-93H,7-13H2,1-6H3,(H,64,71)(H,65,72)(H,66,73)(H,94,95)/t14-,15-,16-,20-,21+,22+,23+,24+,25+,26+,27+,28+,29+,30+,31+,32+,33+,34-,35-,36-,37-,38+,39+,40+,41-,42-,43-,44-,45-,46+,47+,48+,49+,50+,51-,52+,53+,54?,55+,56-,57-,58-,59-,60-,61-,63+/m0/s1. The van der Waals surface area contributed by atoms with Crippen LogP contribution < -0.4 is 16.0 Å². The minimum Gasteiger partial charge on any atom is -0.477 e. The summed E-state index contributed by atoms with van der Waals surface area (Å²) in [7, 11) is 0. The number of ether oxygens (including phenoxy) is 17. The van der Waals surface area contributed by atoms with Crippen molar-refractivity contribution in [1.29, 1.82) is 0 Å². The number of hydrogen-bond donors (Lipinski definition) is 28. The topological polar surface area (TPSA) is 767 Å². The predicted molar refractivity (Wildman–Crippen MR) is 345 cm³/mol. The number of carbonyl (C=O) groups is 4. The lowest BCUT2D eigenvalue weighted by Gasteiger charge is -2.52. The molecule has 0 radical (unpaired) electrons. The summed E-state index contributed by atoms with van der Waals surface area (Å²) in [6.07, 6.45) is -90.4. The van der Waals surface area contributed by atoms with Gasteiger partial charge in [0, 0.05) is 27.2 Å². The summed E-state index contributed by atoms with van der Waals surface area (Å²) in [4.78, 5) is 52.4. The third-order valence-electron chi connectivity index (χ3n) is 20.8. The van der Waals surface area contributed by atoms with Crippen LogP contribution >= 0.6 is 0 Å². The Balaban J connectivity index is 1.16. The summed E-state index contributed by atoms with van der Waals surface area (Å²) < 4.78 is 103. The molecule has 9 aliphatic heterocycles. The molecule has 46 atom stereocenters. The lowest BCUT2D eigenvalue weighted by Crippen LogP contribution is -2.71. The molecule has 28 N–H and O–H groups in total. The van der Waals surface area contributed by atoms with Gasteiger partial charge >= 0.3 is 5.97 Å². The van der Waals surface area contributed by atoms with Gasteiger partial charge in [0.2, 0.25) is 17.7 Å². The second-order valence-electron chi connectivity index (χ2n) is 28.8. The van der Waals surface area contributed by atoms with Crippen molar-refractivity contribution in [3.63, 3.8) is 0 Å². The fraction of sp³-hybridized carbons (Fsp3) is 0.937. The minimum absolute atomic E-state index is 0.872. The van der Waals surface area contributed by atoms with Crippen molar-refractivity contribution in [1.82, 2.24) is 16.0 Å². The van der Waals surface area contributed by atoms with Gasteiger partial charge in [0.15, 0.2) is 50.3 Å². The van der Waals surface area contributed by atoms with Crippen LogP contribution in [0.3, 0.4) is 0 Å². The number of aliphatic hydroxyl groups excluding tert-OH is 24. The highest BCUT2D eigenvalue weighted by Crippen LogP contribution is 2.42. The molecule has 9 fully saturated rings. The molecule has 0 aromatic rings. The van der Waals surface area contributed by atoms with E-state index in [1.807, 2.05) is 0 Å². The van der Waals surface area contributed by atoms with Gasteiger partial charge in [-0.15, -0.1) is 0 Å². The molecular formula is C63H105N3O46. The summed E-state index contributed by atoms with van der Waals surface area (Å²) in [5.74, 6) is -8.19. The number of aliphatic hydroxyl groups is 24. The summed E-state index contributed by atoms with van der Waals surface area (Å²) in [6.45, 7) is -0.766. The number of amides is 3. The molecule has 0 aromatic heterocycles. The van der Waals surface area contributed by atoms with Crippen molar-refractivity contribution in [2.75, 3.05) is 39.6 Å². The largest absolute Gasteiger partial charge is 0.477 e. The number of nitrogens with one attached hydrogen (secondary N) is 3. The Morgan fingerprint density at radius 3 is 1.26 bits per heavy atom. The van der Waals surface area contributed by atoms with Gasteiger partial charge in [-0.05, 0) is 20.8 Å². The Bertz CT molecular complexity index is 3020. The smallest absolute Gasteiger partial charge is 0.364 e. The average Bonchev–Trinajstić information content (AvgIpc) is 0.764.